The van der Waals surface area contributed by atoms with Gasteiger partial charge in [0.15, 0.2) is 0 Å². The molecule has 1 aromatic rings. The number of hydrogen-bond donors (Lipinski definition) is 2. The van der Waals surface area contributed by atoms with E-state index >= 15 is 0 Å². The molecule has 1 aliphatic rings. The SMILES string of the molecule is CC(O)c1cccc(S(=O)(=O)NC2CCN(C)CC2)c1. The molecule has 0 aliphatic carbocycles. The maximum atomic E-state index is 12.4. The van der Waals surface area contributed by atoms with Gasteiger partial charge in [-0.2, -0.15) is 0 Å². The van der Waals surface area contributed by atoms with Crippen LogP contribution in [0.2, 0.25) is 0 Å². The number of benzene rings is 1. The van der Waals surface area contributed by atoms with E-state index in [1.807, 2.05) is 7.05 Å². The zero-order valence-corrected chi connectivity index (χ0v) is 12.7. The Kier molecular flexibility index (Phi) is 4.80. The number of aliphatic hydroxyl groups excluding tert-OH is 1. The van der Waals surface area contributed by atoms with Crippen molar-refractivity contribution in [3.05, 3.63) is 29.8 Å². The van der Waals surface area contributed by atoms with Gasteiger partial charge in [0.2, 0.25) is 10.0 Å². The van der Waals surface area contributed by atoms with E-state index in [0.29, 0.717) is 5.56 Å². The molecule has 2 N–H and O–H groups in total. The number of likely N-dealkylation sites (tertiary alicyclic amines) is 1. The molecule has 112 valence electrons. The molecular weight excluding hydrogens is 276 g/mol. The van der Waals surface area contributed by atoms with Gasteiger partial charge in [-0.3, -0.25) is 0 Å². The Morgan fingerprint density at radius 2 is 2.00 bits per heavy atom. The summed E-state index contributed by atoms with van der Waals surface area (Å²) in [4.78, 5) is 2.41. The fraction of sp³-hybridized carbons (Fsp3) is 0.571. The zero-order chi connectivity index (χ0) is 14.8. The number of piperidine rings is 1. The van der Waals surface area contributed by atoms with Crippen LogP contribution in [0.25, 0.3) is 0 Å². The summed E-state index contributed by atoms with van der Waals surface area (Å²) in [5.74, 6) is 0. The van der Waals surface area contributed by atoms with Gasteiger partial charge in [0, 0.05) is 6.04 Å². The lowest BCUT2D eigenvalue weighted by Crippen LogP contribution is -2.43. The molecule has 1 aromatic carbocycles. The molecule has 0 spiro atoms. The fourth-order valence-corrected chi connectivity index (χ4v) is 3.72. The minimum atomic E-state index is -3.51. The van der Waals surface area contributed by atoms with Gasteiger partial charge in [-0.15, -0.1) is 0 Å². The summed E-state index contributed by atoms with van der Waals surface area (Å²) < 4.78 is 27.5. The Bertz CT molecular complexity index is 549. The summed E-state index contributed by atoms with van der Waals surface area (Å²) in [6.45, 7) is 3.43. The zero-order valence-electron chi connectivity index (χ0n) is 11.9. The summed E-state index contributed by atoms with van der Waals surface area (Å²) in [5, 5.41) is 9.54. The van der Waals surface area contributed by atoms with E-state index in [1.54, 1.807) is 25.1 Å². The first-order chi connectivity index (χ1) is 9.38. The summed E-state index contributed by atoms with van der Waals surface area (Å²) in [6, 6.07) is 6.46. The molecule has 5 nitrogen and oxygen atoms in total. The van der Waals surface area contributed by atoms with Crippen LogP contribution in [0.5, 0.6) is 0 Å². The van der Waals surface area contributed by atoms with Crippen LogP contribution in [0.15, 0.2) is 29.2 Å². The van der Waals surface area contributed by atoms with Gasteiger partial charge in [-0.25, -0.2) is 13.1 Å². The first-order valence-corrected chi connectivity index (χ1v) is 8.36. The normalized spacial score (nSPS) is 19.9. The van der Waals surface area contributed by atoms with Gasteiger partial charge in [-0.1, -0.05) is 12.1 Å². The molecule has 0 radical (unpaired) electrons. The van der Waals surface area contributed by atoms with Crippen LogP contribution in [-0.2, 0) is 10.0 Å². The van der Waals surface area contributed by atoms with Crippen molar-refractivity contribution in [3.63, 3.8) is 0 Å². The molecule has 20 heavy (non-hydrogen) atoms. The van der Waals surface area contributed by atoms with Crippen molar-refractivity contribution in [1.82, 2.24) is 9.62 Å². The van der Waals surface area contributed by atoms with Crippen molar-refractivity contribution in [3.8, 4) is 0 Å². The van der Waals surface area contributed by atoms with E-state index in [4.69, 9.17) is 0 Å². The van der Waals surface area contributed by atoms with E-state index < -0.39 is 16.1 Å². The summed E-state index contributed by atoms with van der Waals surface area (Å²) in [6.07, 6.45) is 0.978. The van der Waals surface area contributed by atoms with Crippen LogP contribution >= 0.6 is 0 Å². The maximum Gasteiger partial charge on any atom is 0.240 e. The third kappa shape index (κ3) is 3.79. The largest absolute Gasteiger partial charge is 0.389 e. The third-order valence-corrected chi connectivity index (χ3v) is 5.21. The first kappa shape index (κ1) is 15.4. The van der Waals surface area contributed by atoms with Crippen LogP contribution in [0, 0.1) is 0 Å². The van der Waals surface area contributed by atoms with E-state index in [1.165, 1.54) is 6.07 Å². The first-order valence-electron chi connectivity index (χ1n) is 6.87. The van der Waals surface area contributed by atoms with Gasteiger partial charge in [0.25, 0.3) is 0 Å². The van der Waals surface area contributed by atoms with E-state index in [0.717, 1.165) is 25.9 Å². The predicted octanol–water partition coefficient (Wildman–Crippen LogP) is 1.11. The van der Waals surface area contributed by atoms with Crippen molar-refractivity contribution in [2.45, 2.75) is 36.8 Å². The van der Waals surface area contributed by atoms with E-state index in [-0.39, 0.29) is 10.9 Å². The number of nitrogens with one attached hydrogen (secondary N) is 1. The van der Waals surface area contributed by atoms with Crippen LogP contribution in [0.3, 0.4) is 0 Å². The number of sulfonamides is 1. The third-order valence-electron chi connectivity index (χ3n) is 3.69. The lowest BCUT2D eigenvalue weighted by molar-refractivity contribution is 0.199. The molecule has 0 bridgehead atoms. The van der Waals surface area contributed by atoms with Crippen molar-refractivity contribution in [2.75, 3.05) is 20.1 Å². The second-order valence-electron chi connectivity index (χ2n) is 5.45. The minimum Gasteiger partial charge on any atom is -0.389 e. The minimum absolute atomic E-state index is 0.00796. The molecule has 1 heterocycles. The molecule has 6 heteroatoms. The molecule has 0 aromatic heterocycles. The molecule has 2 rings (SSSR count). The Hall–Kier alpha value is -0.950. The molecular formula is C14H22N2O3S. The topological polar surface area (TPSA) is 69.6 Å². The Morgan fingerprint density at radius 3 is 2.60 bits per heavy atom. The predicted molar refractivity (Wildman–Crippen MR) is 77.9 cm³/mol. The smallest absolute Gasteiger partial charge is 0.240 e. The van der Waals surface area contributed by atoms with Crippen molar-refractivity contribution in [2.24, 2.45) is 0 Å². The van der Waals surface area contributed by atoms with Gasteiger partial charge in [0.05, 0.1) is 11.0 Å². The molecule has 1 aliphatic heterocycles. The van der Waals surface area contributed by atoms with Crippen molar-refractivity contribution >= 4 is 10.0 Å². The standard InChI is InChI=1S/C14H22N2O3S/c1-11(17)12-4-3-5-14(10-12)20(18,19)15-13-6-8-16(2)9-7-13/h3-5,10-11,13,15,17H,6-9H2,1-2H3. The second kappa shape index (κ2) is 6.22. The van der Waals surface area contributed by atoms with Gasteiger partial charge >= 0.3 is 0 Å². The highest BCUT2D eigenvalue weighted by Crippen LogP contribution is 2.18. The quantitative estimate of drug-likeness (QED) is 0.874. The average Bonchev–Trinajstić information content (AvgIpc) is 2.41. The van der Waals surface area contributed by atoms with Crippen LogP contribution in [0.1, 0.15) is 31.4 Å². The van der Waals surface area contributed by atoms with Gasteiger partial charge in [0.1, 0.15) is 0 Å². The second-order valence-corrected chi connectivity index (χ2v) is 7.16. The fourth-order valence-electron chi connectivity index (χ4n) is 2.36. The van der Waals surface area contributed by atoms with Crippen LogP contribution < -0.4 is 4.72 Å². The Labute approximate surface area is 120 Å². The van der Waals surface area contributed by atoms with E-state index in [2.05, 4.69) is 9.62 Å². The molecule has 1 fully saturated rings. The molecule has 1 atom stereocenters. The molecule has 1 unspecified atom stereocenters. The van der Waals surface area contributed by atoms with E-state index in [9.17, 15) is 13.5 Å². The summed E-state index contributed by atoms with van der Waals surface area (Å²) in [7, 11) is -1.47. The van der Waals surface area contributed by atoms with Crippen molar-refractivity contribution < 1.29 is 13.5 Å². The van der Waals surface area contributed by atoms with Gasteiger partial charge < -0.3 is 10.0 Å². The number of nitrogens with zero attached hydrogens (tertiary/aromatic N) is 1. The molecule has 0 amide bonds. The Morgan fingerprint density at radius 1 is 1.35 bits per heavy atom. The van der Waals surface area contributed by atoms with Crippen LogP contribution in [0.4, 0.5) is 0 Å². The van der Waals surface area contributed by atoms with Crippen molar-refractivity contribution in [1.29, 1.82) is 0 Å². The maximum absolute atomic E-state index is 12.4. The highest BCUT2D eigenvalue weighted by atomic mass is 32.2. The Balaban J connectivity index is 2.12. The number of aliphatic hydroxyl groups is 1. The monoisotopic (exact) mass is 298 g/mol. The lowest BCUT2D eigenvalue weighted by Gasteiger charge is -2.29. The summed E-state index contributed by atoms with van der Waals surface area (Å²) in [5.41, 5.74) is 0.608. The average molecular weight is 298 g/mol. The number of hydrogen-bond acceptors (Lipinski definition) is 4. The summed E-state index contributed by atoms with van der Waals surface area (Å²) >= 11 is 0. The number of rotatable bonds is 4. The lowest BCUT2D eigenvalue weighted by atomic mass is 10.1. The van der Waals surface area contributed by atoms with Crippen LogP contribution in [-0.4, -0.2) is 44.6 Å². The van der Waals surface area contributed by atoms with Gasteiger partial charge in [-0.05, 0) is 57.6 Å². The molecule has 1 saturated heterocycles. The highest BCUT2D eigenvalue weighted by molar-refractivity contribution is 7.89. The molecule has 0 saturated carbocycles. The highest BCUT2D eigenvalue weighted by Gasteiger charge is 2.23.